The van der Waals surface area contributed by atoms with Crippen LogP contribution in [0.2, 0.25) is 0 Å². The SMILES string of the molecule is CN=C(NCC(=O)NC1CCCCC1)Nc1cccc(OCCCOC)c1. The van der Waals surface area contributed by atoms with Crippen LogP contribution in [0.4, 0.5) is 5.69 Å². The molecule has 1 saturated carbocycles. The molecule has 0 heterocycles. The molecule has 0 unspecified atom stereocenters. The second kappa shape index (κ2) is 12.2. The number of guanidine groups is 1. The van der Waals surface area contributed by atoms with Crippen LogP contribution in [0.5, 0.6) is 5.75 Å². The van der Waals surface area contributed by atoms with E-state index in [9.17, 15) is 4.79 Å². The van der Waals surface area contributed by atoms with Crippen LogP contribution in [0.15, 0.2) is 29.3 Å². The molecule has 7 nitrogen and oxygen atoms in total. The highest BCUT2D eigenvalue weighted by Crippen LogP contribution is 2.18. The average Bonchev–Trinajstić information content (AvgIpc) is 2.69. The highest BCUT2D eigenvalue weighted by atomic mass is 16.5. The number of methoxy groups -OCH3 is 1. The number of carbonyl (C=O) groups is 1. The Bertz CT molecular complexity index is 601. The number of nitrogens with one attached hydrogen (secondary N) is 3. The normalized spacial score (nSPS) is 15.3. The van der Waals surface area contributed by atoms with Crippen LogP contribution in [-0.2, 0) is 9.53 Å². The van der Waals surface area contributed by atoms with E-state index in [0.717, 1.165) is 30.7 Å². The van der Waals surface area contributed by atoms with Crippen LogP contribution >= 0.6 is 0 Å². The van der Waals surface area contributed by atoms with Crippen molar-refractivity contribution in [1.29, 1.82) is 0 Å². The van der Waals surface area contributed by atoms with E-state index in [4.69, 9.17) is 9.47 Å². The Kier molecular flexibility index (Phi) is 9.48. The number of hydrogen-bond donors (Lipinski definition) is 3. The lowest BCUT2D eigenvalue weighted by atomic mass is 9.95. The van der Waals surface area contributed by atoms with Gasteiger partial charge in [-0.1, -0.05) is 25.3 Å². The molecule has 2 rings (SSSR count). The largest absolute Gasteiger partial charge is 0.493 e. The van der Waals surface area contributed by atoms with Gasteiger partial charge in [0.1, 0.15) is 5.75 Å². The van der Waals surface area contributed by atoms with E-state index in [1.54, 1.807) is 14.2 Å². The summed E-state index contributed by atoms with van der Waals surface area (Å²) in [6.45, 7) is 1.48. The fraction of sp³-hybridized carbons (Fsp3) is 0.600. The van der Waals surface area contributed by atoms with Crippen molar-refractivity contribution in [2.45, 2.75) is 44.6 Å². The number of anilines is 1. The maximum Gasteiger partial charge on any atom is 0.239 e. The maximum absolute atomic E-state index is 12.1. The van der Waals surface area contributed by atoms with Crippen molar-refractivity contribution in [3.05, 3.63) is 24.3 Å². The molecule has 1 aliphatic rings. The van der Waals surface area contributed by atoms with Crippen LogP contribution in [0.3, 0.4) is 0 Å². The molecule has 0 saturated heterocycles. The van der Waals surface area contributed by atoms with Crippen LogP contribution in [0, 0.1) is 0 Å². The van der Waals surface area contributed by atoms with E-state index in [1.165, 1.54) is 19.3 Å². The Hall–Kier alpha value is -2.28. The first kappa shape index (κ1) is 21.0. The summed E-state index contributed by atoms with van der Waals surface area (Å²) in [5.74, 6) is 1.33. The fourth-order valence-corrected chi connectivity index (χ4v) is 3.06. The first-order chi connectivity index (χ1) is 13.2. The number of aliphatic imine (C=N–C) groups is 1. The van der Waals surface area contributed by atoms with Gasteiger partial charge in [0.25, 0.3) is 0 Å². The number of ether oxygens (including phenoxy) is 2. The molecule has 1 fully saturated rings. The molecule has 7 heteroatoms. The van der Waals surface area contributed by atoms with E-state index < -0.39 is 0 Å². The van der Waals surface area contributed by atoms with E-state index >= 15 is 0 Å². The molecule has 3 N–H and O–H groups in total. The van der Waals surface area contributed by atoms with Crippen molar-refractivity contribution in [1.82, 2.24) is 10.6 Å². The zero-order valence-corrected chi connectivity index (χ0v) is 16.4. The summed E-state index contributed by atoms with van der Waals surface area (Å²) >= 11 is 0. The number of carbonyl (C=O) groups excluding carboxylic acids is 1. The summed E-state index contributed by atoms with van der Waals surface area (Å²) in [5.41, 5.74) is 0.847. The van der Waals surface area contributed by atoms with E-state index in [2.05, 4.69) is 20.9 Å². The van der Waals surface area contributed by atoms with E-state index in [0.29, 0.717) is 25.2 Å². The number of hydrogen-bond acceptors (Lipinski definition) is 4. The standard InChI is InChI=1S/C20H32N4O3/c1-21-20(22-15-19(25)23-16-8-4-3-5-9-16)24-17-10-6-11-18(14-17)27-13-7-12-26-2/h6,10-11,14,16H,3-5,7-9,12-13,15H2,1-2H3,(H,23,25)(H2,21,22,24). The highest BCUT2D eigenvalue weighted by molar-refractivity contribution is 5.96. The minimum absolute atomic E-state index is 0.0000714. The third kappa shape index (κ3) is 8.30. The van der Waals surface area contributed by atoms with Crippen molar-refractivity contribution in [2.75, 3.05) is 39.2 Å². The van der Waals surface area contributed by atoms with Gasteiger partial charge in [-0.3, -0.25) is 9.79 Å². The Morgan fingerprint density at radius 2 is 2.04 bits per heavy atom. The lowest BCUT2D eigenvalue weighted by Gasteiger charge is -2.23. The fourth-order valence-electron chi connectivity index (χ4n) is 3.06. The predicted molar refractivity (Wildman–Crippen MR) is 108 cm³/mol. The Morgan fingerprint density at radius 1 is 1.22 bits per heavy atom. The Morgan fingerprint density at radius 3 is 2.78 bits per heavy atom. The minimum Gasteiger partial charge on any atom is -0.493 e. The summed E-state index contributed by atoms with van der Waals surface area (Å²) in [7, 11) is 3.36. The third-order valence-corrected chi connectivity index (χ3v) is 4.47. The summed E-state index contributed by atoms with van der Waals surface area (Å²) in [6, 6.07) is 7.97. The van der Waals surface area contributed by atoms with Gasteiger partial charge < -0.3 is 25.4 Å². The van der Waals surface area contributed by atoms with Crippen LogP contribution in [-0.4, -0.2) is 51.8 Å². The zero-order valence-electron chi connectivity index (χ0n) is 16.4. The number of nitrogens with zero attached hydrogens (tertiary/aromatic N) is 1. The van der Waals surface area contributed by atoms with E-state index in [1.807, 2.05) is 24.3 Å². The molecule has 1 amide bonds. The van der Waals surface area contributed by atoms with Gasteiger partial charge in [-0.25, -0.2) is 0 Å². The summed E-state index contributed by atoms with van der Waals surface area (Å²) in [4.78, 5) is 16.3. The van der Waals surface area contributed by atoms with Crippen molar-refractivity contribution in [3.63, 3.8) is 0 Å². The average molecular weight is 377 g/mol. The predicted octanol–water partition coefficient (Wildman–Crippen LogP) is 2.54. The molecular formula is C20H32N4O3. The highest BCUT2D eigenvalue weighted by Gasteiger charge is 2.15. The first-order valence-electron chi connectivity index (χ1n) is 9.70. The second-order valence-corrected chi connectivity index (χ2v) is 6.68. The van der Waals surface area contributed by atoms with Gasteiger partial charge in [0, 0.05) is 45.0 Å². The van der Waals surface area contributed by atoms with Crippen molar-refractivity contribution >= 4 is 17.6 Å². The molecule has 0 aromatic heterocycles. The molecule has 0 radical (unpaired) electrons. The smallest absolute Gasteiger partial charge is 0.239 e. The van der Waals surface area contributed by atoms with Crippen LogP contribution < -0.4 is 20.7 Å². The van der Waals surface area contributed by atoms with Crippen molar-refractivity contribution in [3.8, 4) is 5.75 Å². The molecule has 1 aromatic rings. The molecule has 1 aromatic carbocycles. The zero-order chi connectivity index (χ0) is 19.3. The lowest BCUT2D eigenvalue weighted by molar-refractivity contribution is -0.120. The van der Waals surface area contributed by atoms with Crippen LogP contribution in [0.1, 0.15) is 38.5 Å². The van der Waals surface area contributed by atoms with Gasteiger partial charge in [0.05, 0.1) is 13.2 Å². The topological polar surface area (TPSA) is 84.0 Å². The van der Waals surface area contributed by atoms with Gasteiger partial charge >= 0.3 is 0 Å². The number of amides is 1. The molecule has 150 valence electrons. The Labute approximate surface area is 161 Å². The van der Waals surface area contributed by atoms with Crippen LogP contribution in [0.25, 0.3) is 0 Å². The molecule has 0 atom stereocenters. The molecule has 1 aliphatic carbocycles. The monoisotopic (exact) mass is 376 g/mol. The van der Waals surface area contributed by atoms with Gasteiger partial charge in [-0.2, -0.15) is 0 Å². The Balaban J connectivity index is 1.76. The summed E-state index contributed by atoms with van der Waals surface area (Å²) in [6.07, 6.45) is 6.67. The van der Waals surface area contributed by atoms with Gasteiger partial charge in [0.15, 0.2) is 5.96 Å². The summed E-state index contributed by atoms with van der Waals surface area (Å²) in [5, 5.41) is 9.33. The number of benzene rings is 1. The van der Waals surface area contributed by atoms with Crippen molar-refractivity contribution in [2.24, 2.45) is 4.99 Å². The third-order valence-electron chi connectivity index (χ3n) is 4.47. The lowest BCUT2D eigenvalue weighted by Crippen LogP contribution is -2.44. The molecular weight excluding hydrogens is 344 g/mol. The van der Waals surface area contributed by atoms with Gasteiger partial charge in [0.2, 0.25) is 5.91 Å². The minimum atomic E-state index is 0.0000714. The molecule has 0 spiro atoms. The number of rotatable bonds is 9. The quantitative estimate of drug-likeness (QED) is 0.350. The van der Waals surface area contributed by atoms with Gasteiger partial charge in [-0.05, 0) is 25.0 Å². The molecule has 27 heavy (non-hydrogen) atoms. The molecule has 0 aliphatic heterocycles. The molecule has 0 bridgehead atoms. The first-order valence-corrected chi connectivity index (χ1v) is 9.70. The second-order valence-electron chi connectivity index (χ2n) is 6.68. The van der Waals surface area contributed by atoms with Crippen molar-refractivity contribution < 1.29 is 14.3 Å². The van der Waals surface area contributed by atoms with Gasteiger partial charge in [-0.15, -0.1) is 0 Å². The summed E-state index contributed by atoms with van der Waals surface area (Å²) < 4.78 is 10.7. The maximum atomic E-state index is 12.1. The van der Waals surface area contributed by atoms with E-state index in [-0.39, 0.29) is 12.5 Å².